The molecular formula is C51H66N2O11. The van der Waals surface area contributed by atoms with E-state index < -0.39 is 6.29 Å². The quantitative estimate of drug-likeness (QED) is 0.0916. The molecule has 5 heterocycles. The van der Waals surface area contributed by atoms with Crippen LogP contribution in [0.15, 0.2) is 71.0 Å². The third-order valence-electron chi connectivity index (χ3n) is 14.1. The van der Waals surface area contributed by atoms with Crippen LogP contribution in [0, 0.1) is 17.8 Å². The van der Waals surface area contributed by atoms with E-state index in [4.69, 9.17) is 47.4 Å². The van der Waals surface area contributed by atoms with Crippen molar-refractivity contribution in [1.82, 2.24) is 9.80 Å². The van der Waals surface area contributed by atoms with Gasteiger partial charge in [-0.2, -0.15) is 0 Å². The molecule has 13 heteroatoms. The van der Waals surface area contributed by atoms with E-state index in [9.17, 15) is 0 Å². The first-order valence-corrected chi connectivity index (χ1v) is 23.1. The van der Waals surface area contributed by atoms with Crippen molar-refractivity contribution in [3.63, 3.8) is 0 Å². The number of furan rings is 1. The summed E-state index contributed by atoms with van der Waals surface area (Å²) in [6.45, 7) is 8.61. The summed E-state index contributed by atoms with van der Waals surface area (Å²) >= 11 is 0. The molecular weight excluding hydrogens is 817 g/mol. The van der Waals surface area contributed by atoms with E-state index in [1.165, 1.54) is 11.1 Å². The van der Waals surface area contributed by atoms with E-state index in [1.807, 2.05) is 42.4 Å². The standard InChI is InChI=1S/C51H66N2O11/c1-7-32-30-52-16-13-33-25-45(56-3)47(58-5)27-38(33)42(52)23-35(32)24-43-39-28-48(59-6)46(57-4)26-34(39)14-17-53(43)50(55)49-29-40(41-31-63-44-12-10-9-11-36(41)44)37(51(64-49)62-8-2)15-19-60-21-22-61-20-18-54/h9-12,25-29,31-32,35,37,40,42-43,51,54H,7-8,13-24,30H2,1-6H3/t32-,35+,37+,40+,42-,43+,51-/m0/s1. The number of hydrogen-bond donors (Lipinski definition) is 1. The van der Waals surface area contributed by atoms with Crippen LogP contribution in [0.1, 0.15) is 85.3 Å². The summed E-state index contributed by atoms with van der Waals surface area (Å²) in [6.07, 6.45) is 8.11. The number of fused-ring (bicyclic) bond motifs is 5. The van der Waals surface area contributed by atoms with E-state index in [1.54, 1.807) is 28.4 Å². The second kappa shape index (κ2) is 21.0. The number of benzene rings is 3. The number of allylic oxidation sites excluding steroid dienone is 1. The van der Waals surface area contributed by atoms with Crippen molar-refractivity contribution in [3.8, 4) is 23.0 Å². The maximum absolute atomic E-state index is 15.5. The molecule has 4 aromatic rings. The van der Waals surface area contributed by atoms with Crippen molar-refractivity contribution in [3.05, 3.63) is 94.4 Å². The Morgan fingerprint density at radius 2 is 1.47 bits per heavy atom. The zero-order valence-electron chi connectivity index (χ0n) is 38.3. The second-order valence-corrected chi connectivity index (χ2v) is 17.3. The molecule has 1 aromatic heterocycles. The molecule has 1 N–H and O–H groups in total. The highest BCUT2D eigenvalue weighted by Gasteiger charge is 2.45. The van der Waals surface area contributed by atoms with E-state index >= 15 is 4.79 Å². The van der Waals surface area contributed by atoms with Gasteiger partial charge in [-0.25, -0.2) is 0 Å². The van der Waals surface area contributed by atoms with Crippen molar-refractivity contribution in [1.29, 1.82) is 0 Å². The smallest absolute Gasteiger partial charge is 0.289 e. The first-order chi connectivity index (χ1) is 31.3. The maximum atomic E-state index is 15.5. The molecule has 0 unspecified atom stereocenters. The summed E-state index contributed by atoms with van der Waals surface area (Å²) in [7, 11) is 6.73. The lowest BCUT2D eigenvalue weighted by Crippen LogP contribution is -2.48. The average molecular weight is 883 g/mol. The maximum Gasteiger partial charge on any atom is 0.289 e. The van der Waals surface area contributed by atoms with Crippen LogP contribution >= 0.6 is 0 Å². The predicted octanol–water partition coefficient (Wildman–Crippen LogP) is 8.02. The van der Waals surface area contributed by atoms with Gasteiger partial charge >= 0.3 is 0 Å². The molecule has 1 fully saturated rings. The molecule has 4 aliphatic heterocycles. The summed E-state index contributed by atoms with van der Waals surface area (Å²) < 4.78 is 53.9. The fourth-order valence-electron chi connectivity index (χ4n) is 10.9. The van der Waals surface area contributed by atoms with Gasteiger partial charge in [-0.15, -0.1) is 0 Å². The topological polar surface area (TPSA) is 131 Å². The highest BCUT2D eigenvalue weighted by atomic mass is 16.7. The van der Waals surface area contributed by atoms with Gasteiger partial charge in [0.25, 0.3) is 5.91 Å². The number of piperidine rings is 1. The number of amides is 1. The highest BCUT2D eigenvalue weighted by molar-refractivity contribution is 5.93. The first kappa shape index (κ1) is 45.8. The van der Waals surface area contributed by atoms with E-state index in [-0.39, 0.29) is 48.8 Å². The van der Waals surface area contributed by atoms with Crippen molar-refractivity contribution in [2.24, 2.45) is 17.8 Å². The minimum atomic E-state index is -0.711. The highest BCUT2D eigenvalue weighted by Crippen LogP contribution is 2.50. The lowest BCUT2D eigenvalue weighted by atomic mass is 9.72. The number of aliphatic hydroxyl groups is 1. The zero-order valence-corrected chi connectivity index (χ0v) is 38.3. The Labute approximate surface area is 377 Å². The van der Waals surface area contributed by atoms with Gasteiger partial charge in [-0.1, -0.05) is 31.5 Å². The Bertz CT molecular complexity index is 2240. The van der Waals surface area contributed by atoms with Gasteiger partial charge in [0.15, 0.2) is 28.8 Å². The van der Waals surface area contributed by atoms with Gasteiger partial charge < -0.3 is 52.3 Å². The Morgan fingerprint density at radius 3 is 2.17 bits per heavy atom. The minimum absolute atomic E-state index is 0.0306. The third-order valence-corrected chi connectivity index (χ3v) is 14.1. The SMILES string of the molecule is CCO[C@H]1OC(C(=O)N2CCc3cc(OC)c(OC)cc3[C@H]2C[C@H]2C[C@H]3c4cc(OC)c(OC)cc4CCN3C[C@@H]2CC)=C[C@@H](c2coc3ccccc23)[C@H]1CCOCCOCCO. The fraction of sp³-hybridized carbons (Fsp3) is 0.549. The normalized spacial score (nSPS) is 24.3. The van der Waals surface area contributed by atoms with Crippen LogP contribution in [0.2, 0.25) is 0 Å². The summed E-state index contributed by atoms with van der Waals surface area (Å²) in [5.74, 6) is 3.27. The minimum Gasteiger partial charge on any atom is -0.493 e. The van der Waals surface area contributed by atoms with Crippen LogP contribution in [0.3, 0.4) is 0 Å². The Morgan fingerprint density at radius 1 is 0.797 bits per heavy atom. The van der Waals surface area contributed by atoms with Gasteiger partial charge in [0.2, 0.25) is 6.29 Å². The van der Waals surface area contributed by atoms with Gasteiger partial charge in [0, 0.05) is 61.7 Å². The number of ether oxygens (including phenoxy) is 8. The Hall–Kier alpha value is -4.79. The van der Waals surface area contributed by atoms with Crippen LogP contribution in [0.5, 0.6) is 23.0 Å². The zero-order chi connectivity index (χ0) is 44.7. The molecule has 8 rings (SSSR count). The summed E-state index contributed by atoms with van der Waals surface area (Å²) in [5.41, 5.74) is 6.61. The molecule has 4 aliphatic rings. The second-order valence-electron chi connectivity index (χ2n) is 17.3. The third kappa shape index (κ3) is 9.33. The molecule has 0 aliphatic carbocycles. The number of nitrogens with zero attached hydrogens (tertiary/aromatic N) is 2. The summed E-state index contributed by atoms with van der Waals surface area (Å²) in [6, 6.07) is 16.5. The largest absolute Gasteiger partial charge is 0.493 e. The monoisotopic (exact) mass is 882 g/mol. The molecule has 1 saturated heterocycles. The summed E-state index contributed by atoms with van der Waals surface area (Å²) in [5, 5.41) is 10.1. The average Bonchev–Trinajstić information content (AvgIpc) is 3.76. The molecule has 0 bridgehead atoms. The predicted molar refractivity (Wildman–Crippen MR) is 242 cm³/mol. The van der Waals surface area contributed by atoms with Gasteiger partial charge in [0.05, 0.1) is 67.2 Å². The molecule has 0 radical (unpaired) electrons. The molecule has 13 nitrogen and oxygen atoms in total. The van der Waals surface area contributed by atoms with E-state index in [0.29, 0.717) is 69.1 Å². The first-order valence-electron chi connectivity index (χ1n) is 23.1. The fourth-order valence-corrected chi connectivity index (χ4v) is 10.9. The van der Waals surface area contributed by atoms with Crippen molar-refractivity contribution < 1.29 is 52.2 Å². The number of hydrogen-bond acceptors (Lipinski definition) is 12. The van der Waals surface area contributed by atoms with Crippen LogP contribution < -0.4 is 18.9 Å². The van der Waals surface area contributed by atoms with Gasteiger partial charge in [-0.05, 0) is 110 Å². The Kier molecular flexibility index (Phi) is 15.0. The molecule has 7 atom stereocenters. The number of carbonyl (C=O) groups is 1. The molecule has 0 saturated carbocycles. The number of para-hydroxylation sites is 1. The van der Waals surface area contributed by atoms with Crippen LogP contribution in [-0.2, 0) is 36.6 Å². The number of aliphatic hydroxyl groups excluding tert-OH is 1. The van der Waals surface area contributed by atoms with Crippen molar-refractivity contribution in [2.45, 2.75) is 76.7 Å². The number of methoxy groups -OCH3 is 4. The molecule has 1 amide bonds. The van der Waals surface area contributed by atoms with Gasteiger partial charge in [0.1, 0.15) is 5.58 Å². The van der Waals surface area contributed by atoms with Crippen molar-refractivity contribution in [2.75, 3.05) is 87.7 Å². The Balaban J connectivity index is 1.15. The molecule has 64 heavy (non-hydrogen) atoms. The summed E-state index contributed by atoms with van der Waals surface area (Å²) in [4.78, 5) is 20.2. The number of carbonyl (C=O) groups excluding carboxylic acids is 1. The van der Waals surface area contributed by atoms with Crippen LogP contribution in [0.25, 0.3) is 11.0 Å². The molecule has 0 spiro atoms. The van der Waals surface area contributed by atoms with E-state index in [2.05, 4.69) is 42.2 Å². The van der Waals surface area contributed by atoms with Gasteiger partial charge in [-0.3, -0.25) is 9.69 Å². The lowest BCUT2D eigenvalue weighted by Gasteiger charge is -2.49. The van der Waals surface area contributed by atoms with E-state index in [0.717, 1.165) is 77.9 Å². The lowest BCUT2D eigenvalue weighted by molar-refractivity contribution is -0.173. The molecule has 346 valence electrons. The van der Waals surface area contributed by atoms with Crippen LogP contribution in [-0.4, -0.2) is 115 Å². The van der Waals surface area contributed by atoms with Crippen LogP contribution in [0.4, 0.5) is 0 Å². The molecule has 3 aromatic carbocycles. The number of rotatable bonds is 19. The van der Waals surface area contributed by atoms with Crippen molar-refractivity contribution >= 4 is 16.9 Å².